The fourth-order valence-electron chi connectivity index (χ4n) is 2.41. The summed E-state index contributed by atoms with van der Waals surface area (Å²) in [4.78, 5) is 3.99. The number of hydrogen-bond donors (Lipinski definition) is 1. The zero-order valence-electron chi connectivity index (χ0n) is 10.3. The molecule has 1 aromatic rings. The van der Waals surface area contributed by atoms with E-state index < -0.39 is 0 Å². The number of aliphatic hydroxyl groups is 1. The largest absolute Gasteiger partial charge is 0.493 e. The number of hydrogen-bond acceptors (Lipinski definition) is 3. The van der Waals surface area contributed by atoms with E-state index in [-0.39, 0.29) is 6.61 Å². The van der Waals surface area contributed by atoms with Gasteiger partial charge in [-0.25, -0.2) is 0 Å². The molecule has 17 heavy (non-hydrogen) atoms. The van der Waals surface area contributed by atoms with Crippen molar-refractivity contribution in [3.8, 4) is 5.75 Å². The number of pyridine rings is 1. The molecule has 0 unspecified atom stereocenters. The Balaban J connectivity index is 1.87. The summed E-state index contributed by atoms with van der Waals surface area (Å²) in [6.45, 7) is 0.769. The zero-order valence-corrected chi connectivity index (χ0v) is 10.3. The van der Waals surface area contributed by atoms with E-state index in [4.69, 9.17) is 4.74 Å². The summed E-state index contributed by atoms with van der Waals surface area (Å²) in [5.74, 6) is 1.46. The Morgan fingerprint density at radius 2 is 2.00 bits per heavy atom. The van der Waals surface area contributed by atoms with Gasteiger partial charge in [-0.05, 0) is 24.8 Å². The minimum atomic E-state index is -0.00611. The molecule has 3 nitrogen and oxygen atoms in total. The lowest BCUT2D eigenvalue weighted by molar-refractivity contribution is 0.221. The molecule has 0 spiro atoms. The van der Waals surface area contributed by atoms with Gasteiger partial charge in [-0.15, -0.1) is 0 Å². The van der Waals surface area contributed by atoms with Crippen LogP contribution in [-0.2, 0) is 6.61 Å². The Hall–Kier alpha value is -1.09. The first-order valence-electron chi connectivity index (χ1n) is 6.56. The molecule has 0 radical (unpaired) electrons. The van der Waals surface area contributed by atoms with Crippen molar-refractivity contribution in [2.24, 2.45) is 5.92 Å². The standard InChI is InChI=1S/C14H21NO2/c16-10-13-9-15-8-7-14(13)17-11-12-5-3-1-2-4-6-12/h7-9,12,16H,1-6,10-11H2. The van der Waals surface area contributed by atoms with Crippen LogP contribution in [0.15, 0.2) is 18.5 Å². The maximum absolute atomic E-state index is 9.18. The van der Waals surface area contributed by atoms with Crippen molar-refractivity contribution >= 4 is 0 Å². The van der Waals surface area contributed by atoms with Gasteiger partial charge < -0.3 is 9.84 Å². The summed E-state index contributed by atoms with van der Waals surface area (Å²) < 4.78 is 5.82. The highest BCUT2D eigenvalue weighted by molar-refractivity contribution is 5.29. The maximum atomic E-state index is 9.18. The topological polar surface area (TPSA) is 42.4 Å². The van der Waals surface area contributed by atoms with Crippen LogP contribution in [0, 0.1) is 5.92 Å². The molecule has 1 saturated carbocycles. The first kappa shape index (κ1) is 12.4. The number of rotatable bonds is 4. The van der Waals surface area contributed by atoms with Crippen molar-refractivity contribution in [2.45, 2.75) is 45.1 Å². The highest BCUT2D eigenvalue weighted by Gasteiger charge is 2.13. The van der Waals surface area contributed by atoms with Crippen LogP contribution >= 0.6 is 0 Å². The predicted octanol–water partition coefficient (Wildman–Crippen LogP) is 2.92. The lowest BCUT2D eigenvalue weighted by atomic mass is 10.0. The maximum Gasteiger partial charge on any atom is 0.127 e. The zero-order chi connectivity index (χ0) is 11.9. The Bertz CT molecular complexity index is 333. The van der Waals surface area contributed by atoms with E-state index >= 15 is 0 Å². The van der Waals surface area contributed by atoms with Gasteiger partial charge in [0.2, 0.25) is 0 Å². The molecule has 0 atom stereocenters. The van der Waals surface area contributed by atoms with Crippen LogP contribution in [0.25, 0.3) is 0 Å². The van der Waals surface area contributed by atoms with Gasteiger partial charge in [0.1, 0.15) is 5.75 Å². The molecule has 3 heteroatoms. The molecule has 2 rings (SSSR count). The molecule has 94 valence electrons. The average molecular weight is 235 g/mol. The summed E-state index contributed by atoms with van der Waals surface area (Å²) in [6.07, 6.45) is 11.3. The van der Waals surface area contributed by atoms with Crippen molar-refractivity contribution < 1.29 is 9.84 Å². The van der Waals surface area contributed by atoms with E-state index in [1.807, 2.05) is 6.07 Å². The molecule has 1 aliphatic rings. The van der Waals surface area contributed by atoms with Gasteiger partial charge in [0.15, 0.2) is 0 Å². The van der Waals surface area contributed by atoms with Crippen LogP contribution in [-0.4, -0.2) is 16.7 Å². The summed E-state index contributed by atoms with van der Waals surface area (Å²) in [5, 5.41) is 9.18. The number of aliphatic hydroxyl groups excluding tert-OH is 1. The van der Waals surface area contributed by atoms with E-state index in [1.165, 1.54) is 38.5 Å². The highest BCUT2D eigenvalue weighted by atomic mass is 16.5. The van der Waals surface area contributed by atoms with Crippen molar-refractivity contribution in [2.75, 3.05) is 6.61 Å². The Morgan fingerprint density at radius 1 is 1.24 bits per heavy atom. The molecule has 1 heterocycles. The minimum absolute atomic E-state index is 0.00611. The van der Waals surface area contributed by atoms with Gasteiger partial charge >= 0.3 is 0 Å². The first-order valence-corrected chi connectivity index (χ1v) is 6.56. The molecular formula is C14H21NO2. The van der Waals surface area contributed by atoms with E-state index in [1.54, 1.807) is 12.4 Å². The molecular weight excluding hydrogens is 214 g/mol. The summed E-state index contributed by atoms with van der Waals surface area (Å²) in [5.41, 5.74) is 0.779. The molecule has 0 aliphatic heterocycles. The van der Waals surface area contributed by atoms with E-state index in [9.17, 15) is 5.11 Å². The molecule has 0 bridgehead atoms. The number of ether oxygens (including phenoxy) is 1. The number of aromatic nitrogens is 1. The van der Waals surface area contributed by atoms with Crippen LogP contribution in [0.3, 0.4) is 0 Å². The van der Waals surface area contributed by atoms with Gasteiger partial charge in [-0.2, -0.15) is 0 Å². The smallest absolute Gasteiger partial charge is 0.127 e. The van der Waals surface area contributed by atoms with E-state index in [0.29, 0.717) is 5.92 Å². The average Bonchev–Trinajstić information content (AvgIpc) is 2.65. The third kappa shape index (κ3) is 3.70. The molecule has 1 aromatic heterocycles. The third-order valence-corrected chi connectivity index (χ3v) is 3.48. The number of nitrogens with zero attached hydrogens (tertiary/aromatic N) is 1. The van der Waals surface area contributed by atoms with E-state index in [0.717, 1.165) is 17.9 Å². The third-order valence-electron chi connectivity index (χ3n) is 3.48. The minimum Gasteiger partial charge on any atom is -0.493 e. The lowest BCUT2D eigenvalue weighted by Gasteiger charge is -2.16. The Labute approximate surface area is 103 Å². The van der Waals surface area contributed by atoms with Gasteiger partial charge in [-0.3, -0.25) is 4.98 Å². The molecule has 1 N–H and O–H groups in total. The van der Waals surface area contributed by atoms with Crippen molar-refractivity contribution in [1.29, 1.82) is 0 Å². The monoisotopic (exact) mass is 235 g/mol. The molecule has 0 amide bonds. The van der Waals surface area contributed by atoms with E-state index in [2.05, 4.69) is 4.98 Å². The summed E-state index contributed by atoms with van der Waals surface area (Å²) >= 11 is 0. The summed E-state index contributed by atoms with van der Waals surface area (Å²) in [7, 11) is 0. The van der Waals surface area contributed by atoms with Crippen LogP contribution in [0.5, 0.6) is 5.75 Å². The van der Waals surface area contributed by atoms with Gasteiger partial charge in [-0.1, -0.05) is 25.7 Å². The second-order valence-electron chi connectivity index (χ2n) is 4.81. The van der Waals surface area contributed by atoms with Crippen molar-refractivity contribution in [3.63, 3.8) is 0 Å². The Kier molecular flexibility index (Phi) is 4.80. The second-order valence-corrected chi connectivity index (χ2v) is 4.81. The van der Waals surface area contributed by atoms with Crippen molar-refractivity contribution in [1.82, 2.24) is 4.98 Å². The van der Waals surface area contributed by atoms with Crippen molar-refractivity contribution in [3.05, 3.63) is 24.0 Å². The highest BCUT2D eigenvalue weighted by Crippen LogP contribution is 2.24. The van der Waals surface area contributed by atoms with Gasteiger partial charge in [0.05, 0.1) is 13.2 Å². The van der Waals surface area contributed by atoms with Gasteiger partial charge in [0, 0.05) is 18.0 Å². The van der Waals surface area contributed by atoms with Crippen LogP contribution in [0.2, 0.25) is 0 Å². The lowest BCUT2D eigenvalue weighted by Crippen LogP contribution is -2.12. The van der Waals surface area contributed by atoms with Gasteiger partial charge in [0.25, 0.3) is 0 Å². The van der Waals surface area contributed by atoms with Crippen LogP contribution in [0.4, 0.5) is 0 Å². The SMILES string of the molecule is OCc1cnccc1OCC1CCCCCC1. The normalized spacial score (nSPS) is 17.7. The first-order chi connectivity index (χ1) is 8.40. The molecule has 0 aromatic carbocycles. The molecule has 0 saturated heterocycles. The van der Waals surface area contributed by atoms with Crippen LogP contribution in [0.1, 0.15) is 44.1 Å². The Morgan fingerprint density at radius 3 is 2.71 bits per heavy atom. The predicted molar refractivity (Wildman–Crippen MR) is 66.8 cm³/mol. The fraction of sp³-hybridized carbons (Fsp3) is 0.643. The molecule has 1 aliphatic carbocycles. The molecule has 1 fully saturated rings. The van der Waals surface area contributed by atoms with Crippen LogP contribution < -0.4 is 4.74 Å². The quantitative estimate of drug-likeness (QED) is 0.816. The second kappa shape index (κ2) is 6.60. The fourth-order valence-corrected chi connectivity index (χ4v) is 2.41. The summed E-state index contributed by atoms with van der Waals surface area (Å²) in [6, 6.07) is 1.84.